The topological polar surface area (TPSA) is 32.3 Å². The molecule has 1 aliphatic carbocycles. The molecule has 1 fully saturated rings. The van der Waals surface area contributed by atoms with Crippen LogP contribution in [0.3, 0.4) is 0 Å². The van der Waals surface area contributed by atoms with Crippen molar-refractivity contribution in [2.75, 3.05) is 6.54 Å². The van der Waals surface area contributed by atoms with Crippen molar-refractivity contribution in [2.45, 2.75) is 31.4 Å². The number of hydrogen-bond donors (Lipinski definition) is 2. The molecule has 0 heterocycles. The Balaban J connectivity index is 1.85. The van der Waals surface area contributed by atoms with Crippen LogP contribution in [-0.2, 0) is 6.54 Å². The molecule has 1 aliphatic rings. The van der Waals surface area contributed by atoms with E-state index in [-0.39, 0.29) is 5.82 Å². The summed E-state index contributed by atoms with van der Waals surface area (Å²) >= 11 is 5.88. The van der Waals surface area contributed by atoms with Crippen LogP contribution in [-0.4, -0.2) is 17.3 Å². The van der Waals surface area contributed by atoms with E-state index in [1.54, 1.807) is 6.07 Å². The Kier molecular flexibility index (Phi) is 3.47. The minimum Gasteiger partial charge on any atom is -0.389 e. The molecule has 1 aromatic carbocycles. The highest BCUT2D eigenvalue weighted by Crippen LogP contribution is 2.30. The first-order chi connectivity index (χ1) is 7.59. The first-order valence-corrected chi connectivity index (χ1v) is 5.84. The van der Waals surface area contributed by atoms with E-state index in [9.17, 15) is 9.50 Å². The normalized spacial score (nSPS) is 18.2. The second-order valence-corrected chi connectivity index (χ2v) is 4.82. The van der Waals surface area contributed by atoms with Gasteiger partial charge < -0.3 is 10.4 Å². The predicted molar refractivity (Wildman–Crippen MR) is 61.9 cm³/mol. The summed E-state index contributed by atoms with van der Waals surface area (Å²) in [7, 11) is 0. The molecule has 88 valence electrons. The first kappa shape index (κ1) is 11.8. The van der Waals surface area contributed by atoms with E-state index in [1.807, 2.05) is 0 Å². The number of benzene rings is 1. The van der Waals surface area contributed by atoms with Gasteiger partial charge in [0.05, 0.1) is 5.60 Å². The highest BCUT2D eigenvalue weighted by molar-refractivity contribution is 6.31. The van der Waals surface area contributed by atoms with Gasteiger partial charge in [0.2, 0.25) is 0 Å². The zero-order valence-corrected chi connectivity index (χ0v) is 9.73. The van der Waals surface area contributed by atoms with E-state index < -0.39 is 5.60 Å². The van der Waals surface area contributed by atoms with Crippen molar-refractivity contribution in [3.05, 3.63) is 34.6 Å². The fourth-order valence-electron chi connectivity index (χ4n) is 1.86. The van der Waals surface area contributed by atoms with E-state index in [2.05, 4.69) is 5.32 Å². The Hall–Kier alpha value is -0.640. The van der Waals surface area contributed by atoms with Crippen molar-refractivity contribution >= 4 is 11.6 Å². The molecule has 2 rings (SSSR count). The van der Waals surface area contributed by atoms with Crippen molar-refractivity contribution in [1.29, 1.82) is 0 Å². The van der Waals surface area contributed by atoms with E-state index >= 15 is 0 Å². The number of rotatable bonds is 4. The number of nitrogens with one attached hydrogen (secondary N) is 1. The standard InChI is InChI=1S/C12H15ClFNO/c13-11-6-10(14)3-2-9(11)7-15-8-12(16)4-1-5-12/h2-3,6,15-16H,1,4-5,7-8H2. The maximum Gasteiger partial charge on any atom is 0.124 e. The average molecular weight is 244 g/mol. The Morgan fingerprint density at radius 2 is 2.19 bits per heavy atom. The van der Waals surface area contributed by atoms with Gasteiger partial charge in [0.25, 0.3) is 0 Å². The molecule has 2 nitrogen and oxygen atoms in total. The molecule has 1 saturated carbocycles. The van der Waals surface area contributed by atoms with E-state index in [0.29, 0.717) is 18.1 Å². The van der Waals surface area contributed by atoms with Crippen LogP contribution in [0.15, 0.2) is 18.2 Å². The van der Waals surface area contributed by atoms with Crippen LogP contribution in [0.5, 0.6) is 0 Å². The zero-order valence-electron chi connectivity index (χ0n) is 8.97. The zero-order chi connectivity index (χ0) is 11.6. The van der Waals surface area contributed by atoms with E-state index in [1.165, 1.54) is 12.1 Å². The molecule has 0 spiro atoms. The Bertz CT molecular complexity index is 379. The molecule has 0 aliphatic heterocycles. The van der Waals surface area contributed by atoms with Crippen LogP contribution in [0.2, 0.25) is 5.02 Å². The fraction of sp³-hybridized carbons (Fsp3) is 0.500. The number of halogens is 2. The number of aliphatic hydroxyl groups is 1. The molecule has 0 unspecified atom stereocenters. The third-order valence-electron chi connectivity index (χ3n) is 3.07. The van der Waals surface area contributed by atoms with Crippen molar-refractivity contribution < 1.29 is 9.50 Å². The van der Waals surface area contributed by atoms with Gasteiger partial charge in [0.1, 0.15) is 5.82 Å². The second-order valence-electron chi connectivity index (χ2n) is 4.42. The summed E-state index contributed by atoms with van der Waals surface area (Å²) in [5.41, 5.74) is 0.318. The summed E-state index contributed by atoms with van der Waals surface area (Å²) in [6.45, 7) is 1.13. The lowest BCUT2D eigenvalue weighted by atomic mass is 9.80. The SMILES string of the molecule is OC1(CNCc2ccc(F)cc2Cl)CCC1. The Labute approximate surface area is 99.4 Å². The van der Waals surface area contributed by atoms with Gasteiger partial charge in [-0.1, -0.05) is 17.7 Å². The van der Waals surface area contributed by atoms with Gasteiger partial charge in [0, 0.05) is 18.1 Å². The summed E-state index contributed by atoms with van der Waals surface area (Å²) in [5.74, 6) is -0.327. The molecule has 0 atom stereocenters. The summed E-state index contributed by atoms with van der Waals surface area (Å²) in [5, 5.41) is 13.4. The minimum atomic E-state index is -0.535. The summed E-state index contributed by atoms with van der Waals surface area (Å²) in [6.07, 6.45) is 2.81. The van der Waals surface area contributed by atoms with Crippen LogP contribution >= 0.6 is 11.6 Å². The van der Waals surface area contributed by atoms with Gasteiger partial charge >= 0.3 is 0 Å². The molecule has 1 aromatic rings. The van der Waals surface area contributed by atoms with Crippen molar-refractivity contribution in [3.63, 3.8) is 0 Å². The molecule has 0 bridgehead atoms. The lowest BCUT2D eigenvalue weighted by Crippen LogP contribution is -2.46. The van der Waals surface area contributed by atoms with Crippen molar-refractivity contribution in [3.8, 4) is 0 Å². The lowest BCUT2D eigenvalue weighted by Gasteiger charge is -2.36. The minimum absolute atomic E-state index is 0.327. The summed E-state index contributed by atoms with van der Waals surface area (Å²) in [4.78, 5) is 0. The molecule has 0 saturated heterocycles. The maximum atomic E-state index is 12.8. The molecule has 0 aromatic heterocycles. The smallest absolute Gasteiger partial charge is 0.124 e. The van der Waals surface area contributed by atoms with Crippen LogP contribution in [0.1, 0.15) is 24.8 Å². The second kappa shape index (κ2) is 4.70. The van der Waals surface area contributed by atoms with Crippen LogP contribution in [0.25, 0.3) is 0 Å². The van der Waals surface area contributed by atoms with Gasteiger partial charge in [-0.05, 0) is 37.0 Å². The highest BCUT2D eigenvalue weighted by Gasteiger charge is 2.33. The molecular formula is C12H15ClFNO. The monoisotopic (exact) mass is 243 g/mol. The molecular weight excluding hydrogens is 229 g/mol. The van der Waals surface area contributed by atoms with Gasteiger partial charge in [-0.2, -0.15) is 0 Å². The molecule has 0 amide bonds. The van der Waals surface area contributed by atoms with Gasteiger partial charge in [-0.25, -0.2) is 4.39 Å². The van der Waals surface area contributed by atoms with E-state index in [4.69, 9.17) is 11.6 Å². The van der Waals surface area contributed by atoms with Gasteiger partial charge in [-0.15, -0.1) is 0 Å². The highest BCUT2D eigenvalue weighted by atomic mass is 35.5. The third kappa shape index (κ3) is 2.73. The average Bonchev–Trinajstić information content (AvgIpc) is 2.19. The summed E-state index contributed by atoms with van der Waals surface area (Å²) in [6, 6.07) is 4.35. The van der Waals surface area contributed by atoms with Gasteiger partial charge in [0.15, 0.2) is 0 Å². The molecule has 16 heavy (non-hydrogen) atoms. The molecule has 2 N–H and O–H groups in total. The van der Waals surface area contributed by atoms with Crippen LogP contribution < -0.4 is 5.32 Å². The lowest BCUT2D eigenvalue weighted by molar-refractivity contribution is -0.0314. The van der Waals surface area contributed by atoms with Crippen LogP contribution in [0, 0.1) is 5.82 Å². The fourth-order valence-corrected chi connectivity index (χ4v) is 2.09. The van der Waals surface area contributed by atoms with Gasteiger partial charge in [-0.3, -0.25) is 0 Å². The quantitative estimate of drug-likeness (QED) is 0.852. The summed E-state index contributed by atoms with van der Waals surface area (Å²) < 4.78 is 12.8. The Morgan fingerprint density at radius 1 is 1.44 bits per heavy atom. The third-order valence-corrected chi connectivity index (χ3v) is 3.42. The largest absolute Gasteiger partial charge is 0.389 e. The molecule has 4 heteroatoms. The first-order valence-electron chi connectivity index (χ1n) is 5.46. The van der Waals surface area contributed by atoms with Crippen LogP contribution in [0.4, 0.5) is 4.39 Å². The molecule has 0 radical (unpaired) electrons. The predicted octanol–water partition coefficient (Wildman–Crippen LogP) is 2.48. The maximum absolute atomic E-state index is 12.8. The van der Waals surface area contributed by atoms with E-state index in [0.717, 1.165) is 24.8 Å². The van der Waals surface area contributed by atoms with Crippen molar-refractivity contribution in [1.82, 2.24) is 5.32 Å². The van der Waals surface area contributed by atoms with Crippen molar-refractivity contribution in [2.24, 2.45) is 0 Å². The Morgan fingerprint density at radius 3 is 2.75 bits per heavy atom. The number of hydrogen-bond acceptors (Lipinski definition) is 2.